The molecule has 0 aliphatic carbocycles. The third-order valence-corrected chi connectivity index (χ3v) is 5.74. The fraction of sp³-hybridized carbons (Fsp3) is 0.423. The second kappa shape index (κ2) is 12.7. The second-order valence-electron chi connectivity index (χ2n) is 8.26. The zero-order valence-electron chi connectivity index (χ0n) is 20.6. The number of fused-ring (bicyclic) bond motifs is 1. The van der Waals surface area contributed by atoms with Gasteiger partial charge in [-0.2, -0.15) is 0 Å². The van der Waals surface area contributed by atoms with Crippen LogP contribution in [0.3, 0.4) is 0 Å². The van der Waals surface area contributed by atoms with Crippen molar-refractivity contribution in [2.45, 2.75) is 52.6 Å². The molecule has 1 heterocycles. The van der Waals surface area contributed by atoms with Gasteiger partial charge >= 0.3 is 0 Å². The quantitative estimate of drug-likeness (QED) is 0.286. The molecule has 0 radical (unpaired) electrons. The first-order valence-electron chi connectivity index (χ1n) is 12.1. The summed E-state index contributed by atoms with van der Waals surface area (Å²) in [5, 5.41) is 8.94. The maximum absolute atomic E-state index is 15.0. The van der Waals surface area contributed by atoms with E-state index in [9.17, 15) is 14.0 Å². The highest BCUT2D eigenvalue weighted by Crippen LogP contribution is 2.35. The van der Waals surface area contributed by atoms with E-state index in [0.29, 0.717) is 48.1 Å². The first kappa shape index (κ1) is 26.0. The van der Waals surface area contributed by atoms with Crippen LogP contribution < -0.4 is 20.7 Å². The lowest BCUT2D eigenvalue weighted by atomic mass is 10.1. The molecule has 35 heavy (non-hydrogen) atoms. The number of halogens is 1. The molecule has 9 heteroatoms. The average molecular weight is 484 g/mol. The summed E-state index contributed by atoms with van der Waals surface area (Å²) in [6.45, 7) is 7.56. The number of amides is 2. The van der Waals surface area contributed by atoms with Crippen LogP contribution in [0.25, 0.3) is 0 Å². The van der Waals surface area contributed by atoms with Gasteiger partial charge in [0, 0.05) is 36.6 Å². The molecule has 0 fully saturated rings. The molecule has 8 nitrogen and oxygen atoms in total. The lowest BCUT2D eigenvalue weighted by molar-refractivity contribution is -0.134. The largest absolute Gasteiger partial charge is 0.493 e. The molecular formula is C26H34FN5O3. The Morgan fingerprint density at radius 2 is 1.80 bits per heavy atom. The Morgan fingerprint density at radius 1 is 1.09 bits per heavy atom. The van der Waals surface area contributed by atoms with Crippen LogP contribution in [0.4, 0.5) is 21.5 Å². The van der Waals surface area contributed by atoms with Crippen molar-refractivity contribution >= 4 is 35.2 Å². The Hall–Kier alpha value is -3.62. The number of carbonyl (C=O) groups excluding carboxylic acids is 2. The minimum Gasteiger partial charge on any atom is -0.493 e. The predicted octanol–water partition coefficient (Wildman–Crippen LogP) is 5.16. The van der Waals surface area contributed by atoms with E-state index in [1.54, 1.807) is 35.2 Å². The van der Waals surface area contributed by atoms with E-state index in [1.807, 2.05) is 13.8 Å². The fourth-order valence-electron chi connectivity index (χ4n) is 3.82. The number of nitrogens with one attached hydrogen (secondary N) is 3. The number of unbranched alkanes of at least 4 members (excludes halogenated alkanes) is 2. The molecule has 1 unspecified atom stereocenters. The molecular weight excluding hydrogens is 449 g/mol. The SMILES string of the molecule is CCCCCOc1cc(F)c2c(c1)NC=NC2Nc1ccc(NC(=O)CC(=O)N(CC)CC)cc1. The van der Waals surface area contributed by atoms with Gasteiger partial charge in [0.25, 0.3) is 0 Å². The molecule has 188 valence electrons. The molecule has 1 aliphatic rings. The minimum absolute atomic E-state index is 0.203. The van der Waals surface area contributed by atoms with Gasteiger partial charge in [0.15, 0.2) is 6.17 Å². The summed E-state index contributed by atoms with van der Waals surface area (Å²) in [5.74, 6) is -0.492. The zero-order valence-corrected chi connectivity index (χ0v) is 20.6. The predicted molar refractivity (Wildman–Crippen MR) is 138 cm³/mol. The van der Waals surface area contributed by atoms with Crippen LogP contribution in [0.5, 0.6) is 5.75 Å². The van der Waals surface area contributed by atoms with Crippen molar-refractivity contribution < 1.29 is 18.7 Å². The third-order valence-electron chi connectivity index (χ3n) is 5.74. The van der Waals surface area contributed by atoms with Gasteiger partial charge in [-0.25, -0.2) is 9.38 Å². The standard InChI is InChI=1S/C26H34FN5O3/c1-4-7-8-13-35-20-14-21(27)25-22(15-20)28-17-29-26(25)31-19-11-9-18(10-12-19)30-23(33)16-24(34)32(5-2)6-3/h9-12,14-15,17,26,31H,4-8,13,16H2,1-3H3,(H,28,29)(H,30,33). The molecule has 0 saturated heterocycles. The molecule has 3 rings (SSSR count). The van der Waals surface area contributed by atoms with Crippen LogP contribution in [0.2, 0.25) is 0 Å². The number of anilines is 3. The van der Waals surface area contributed by atoms with Crippen molar-refractivity contribution in [3.8, 4) is 5.75 Å². The number of aliphatic imine (C=N–C) groups is 1. The number of nitrogens with zero attached hydrogens (tertiary/aromatic N) is 2. The summed E-state index contributed by atoms with van der Waals surface area (Å²) in [6.07, 6.45) is 3.80. The van der Waals surface area contributed by atoms with Crippen molar-refractivity contribution in [2.24, 2.45) is 4.99 Å². The fourth-order valence-corrected chi connectivity index (χ4v) is 3.82. The average Bonchev–Trinajstić information content (AvgIpc) is 2.84. The van der Waals surface area contributed by atoms with Crippen LogP contribution >= 0.6 is 0 Å². The van der Waals surface area contributed by atoms with E-state index in [-0.39, 0.29) is 18.2 Å². The van der Waals surface area contributed by atoms with Crippen LogP contribution in [0.15, 0.2) is 41.4 Å². The highest BCUT2D eigenvalue weighted by atomic mass is 19.1. The van der Waals surface area contributed by atoms with Crippen molar-refractivity contribution in [3.05, 3.63) is 47.8 Å². The molecule has 0 spiro atoms. The summed E-state index contributed by atoms with van der Waals surface area (Å²) in [5.41, 5.74) is 2.28. The normalized spacial score (nSPS) is 14.0. The number of hydrogen-bond donors (Lipinski definition) is 3. The van der Waals surface area contributed by atoms with E-state index in [4.69, 9.17) is 4.74 Å². The van der Waals surface area contributed by atoms with E-state index < -0.39 is 12.0 Å². The molecule has 0 aromatic heterocycles. The van der Waals surface area contributed by atoms with Gasteiger partial charge in [-0.15, -0.1) is 0 Å². The first-order valence-corrected chi connectivity index (χ1v) is 12.1. The topological polar surface area (TPSA) is 95.1 Å². The molecule has 1 atom stereocenters. The Balaban J connectivity index is 1.61. The van der Waals surface area contributed by atoms with Crippen molar-refractivity contribution in [1.29, 1.82) is 0 Å². The molecule has 0 bridgehead atoms. The monoisotopic (exact) mass is 483 g/mol. The molecule has 2 aromatic carbocycles. The lowest BCUT2D eigenvalue weighted by Gasteiger charge is -2.24. The molecule has 2 amide bonds. The summed E-state index contributed by atoms with van der Waals surface area (Å²) >= 11 is 0. The summed E-state index contributed by atoms with van der Waals surface area (Å²) in [4.78, 5) is 30.3. The Morgan fingerprint density at radius 3 is 2.49 bits per heavy atom. The maximum Gasteiger partial charge on any atom is 0.233 e. The molecule has 0 saturated carbocycles. The van der Waals surface area contributed by atoms with E-state index in [2.05, 4.69) is 27.9 Å². The molecule has 2 aromatic rings. The van der Waals surface area contributed by atoms with Crippen LogP contribution in [0, 0.1) is 5.82 Å². The highest BCUT2D eigenvalue weighted by molar-refractivity contribution is 6.03. The minimum atomic E-state index is -0.618. The second-order valence-corrected chi connectivity index (χ2v) is 8.26. The van der Waals surface area contributed by atoms with Gasteiger partial charge in [0.2, 0.25) is 11.8 Å². The van der Waals surface area contributed by atoms with Crippen molar-refractivity contribution in [1.82, 2.24) is 4.90 Å². The zero-order chi connectivity index (χ0) is 25.2. The van der Waals surface area contributed by atoms with Gasteiger partial charge in [-0.05, 0) is 44.5 Å². The first-order chi connectivity index (χ1) is 16.9. The summed E-state index contributed by atoms with van der Waals surface area (Å²) in [6, 6.07) is 10.1. The van der Waals surface area contributed by atoms with Crippen LogP contribution in [0.1, 0.15) is 58.2 Å². The highest BCUT2D eigenvalue weighted by Gasteiger charge is 2.23. The molecule has 3 N–H and O–H groups in total. The number of benzene rings is 2. The Labute approximate surface area is 205 Å². The summed E-state index contributed by atoms with van der Waals surface area (Å²) < 4.78 is 20.7. The smallest absolute Gasteiger partial charge is 0.233 e. The van der Waals surface area contributed by atoms with E-state index in [0.717, 1.165) is 19.3 Å². The van der Waals surface area contributed by atoms with Gasteiger partial charge in [-0.1, -0.05) is 19.8 Å². The molecule has 1 aliphatic heterocycles. The van der Waals surface area contributed by atoms with Crippen LogP contribution in [-0.4, -0.2) is 42.7 Å². The Bertz CT molecular complexity index is 1040. The van der Waals surface area contributed by atoms with E-state index >= 15 is 0 Å². The third kappa shape index (κ3) is 7.18. The maximum atomic E-state index is 15.0. The van der Waals surface area contributed by atoms with Gasteiger partial charge in [0.1, 0.15) is 18.0 Å². The summed E-state index contributed by atoms with van der Waals surface area (Å²) in [7, 11) is 0. The lowest BCUT2D eigenvalue weighted by Crippen LogP contribution is -2.33. The van der Waals surface area contributed by atoms with Gasteiger partial charge in [0.05, 0.1) is 24.2 Å². The number of ether oxygens (including phenoxy) is 1. The Kier molecular flexibility index (Phi) is 9.46. The van der Waals surface area contributed by atoms with E-state index in [1.165, 1.54) is 12.4 Å². The number of rotatable bonds is 12. The van der Waals surface area contributed by atoms with Crippen LogP contribution in [-0.2, 0) is 9.59 Å². The number of carbonyl (C=O) groups is 2. The van der Waals surface area contributed by atoms with Crippen molar-refractivity contribution in [2.75, 3.05) is 35.6 Å². The number of hydrogen-bond acceptors (Lipinski definition) is 6. The van der Waals surface area contributed by atoms with Crippen molar-refractivity contribution in [3.63, 3.8) is 0 Å². The van der Waals surface area contributed by atoms with Gasteiger partial charge in [-0.3, -0.25) is 9.59 Å². The van der Waals surface area contributed by atoms with Gasteiger partial charge < -0.3 is 25.6 Å².